The zero-order valence-electron chi connectivity index (χ0n) is 26.3. The standard InChI is InChI=1S/C32H53O11P/c1-18(5-9-27(36)42-17-43-28(37)10-6-19(30(38)39)16-44(4,40)41)22-7-8-23-29-24(15-26(35)32(22,23)3)31(2)12-11-21(33)13-20(31)14-25(29)34/h18-26,29,33-35,40-41H,4-17H2,1-3H3,(H,38,39)/t18-,19+,20+,21-,22?,23?,24?,25-,26+,29?,31+,32-/m1/s1. The number of carbonyl (C=O) groups excluding carboxylic acids is 2. The second-order valence-corrected chi connectivity index (χ2v) is 16.9. The molecule has 0 aromatic heterocycles. The Labute approximate surface area is 260 Å². The highest BCUT2D eigenvalue weighted by Crippen LogP contribution is 2.68. The van der Waals surface area contributed by atoms with Gasteiger partial charge in [-0.05, 0) is 104 Å². The van der Waals surface area contributed by atoms with Crippen LogP contribution >= 0.6 is 7.34 Å². The molecule has 0 amide bonds. The fraction of sp³-hybridized carbons (Fsp3) is 0.875. The molecule has 6 N–H and O–H groups in total. The molecule has 44 heavy (non-hydrogen) atoms. The molecule has 4 aliphatic rings. The summed E-state index contributed by atoms with van der Waals surface area (Å²) in [6.07, 6.45) is 7.32. The fourth-order valence-electron chi connectivity index (χ4n) is 9.92. The van der Waals surface area contributed by atoms with Gasteiger partial charge in [0.05, 0.1) is 24.2 Å². The van der Waals surface area contributed by atoms with Crippen molar-refractivity contribution in [2.75, 3.05) is 13.0 Å². The lowest BCUT2D eigenvalue weighted by molar-refractivity contribution is -0.207. The normalized spacial score (nSPS) is 39.7. The number of carboxylic acids is 1. The molecule has 4 unspecified atom stereocenters. The van der Waals surface area contributed by atoms with Gasteiger partial charge >= 0.3 is 17.9 Å². The molecule has 0 bridgehead atoms. The Hall–Kier alpha value is -1.49. The molecular weight excluding hydrogens is 591 g/mol. The van der Waals surface area contributed by atoms with Crippen molar-refractivity contribution in [2.24, 2.45) is 52.3 Å². The van der Waals surface area contributed by atoms with Crippen molar-refractivity contribution in [2.45, 2.75) is 110 Å². The van der Waals surface area contributed by atoms with Gasteiger partial charge in [0.1, 0.15) is 7.34 Å². The second-order valence-electron chi connectivity index (χ2n) is 14.8. The number of carbonyl (C=O) groups is 3. The molecule has 0 aliphatic heterocycles. The molecule has 0 saturated heterocycles. The number of aliphatic hydroxyl groups excluding tert-OH is 3. The molecule has 4 saturated carbocycles. The monoisotopic (exact) mass is 644 g/mol. The highest BCUT2D eigenvalue weighted by molar-refractivity contribution is 7.62. The molecule has 252 valence electrons. The van der Waals surface area contributed by atoms with Crippen LogP contribution in [0.2, 0.25) is 0 Å². The first kappa shape index (κ1) is 35.4. The van der Waals surface area contributed by atoms with E-state index in [-0.39, 0.29) is 71.7 Å². The molecule has 12 heteroatoms. The van der Waals surface area contributed by atoms with Crippen LogP contribution < -0.4 is 0 Å². The van der Waals surface area contributed by atoms with Gasteiger partial charge in [0.25, 0.3) is 0 Å². The van der Waals surface area contributed by atoms with Gasteiger partial charge < -0.3 is 39.7 Å². The first-order valence-electron chi connectivity index (χ1n) is 16.2. The highest BCUT2D eigenvalue weighted by Gasteiger charge is 2.65. The van der Waals surface area contributed by atoms with Gasteiger partial charge in [-0.15, -0.1) is 0 Å². The predicted octanol–water partition coefficient (Wildman–Crippen LogP) is 3.15. The first-order valence-corrected chi connectivity index (χ1v) is 18.3. The van der Waals surface area contributed by atoms with Crippen LogP contribution in [-0.2, 0) is 23.9 Å². The van der Waals surface area contributed by atoms with Gasteiger partial charge in [-0.1, -0.05) is 27.1 Å². The van der Waals surface area contributed by atoms with E-state index in [4.69, 9.17) is 9.47 Å². The van der Waals surface area contributed by atoms with E-state index in [0.717, 1.165) is 32.1 Å². The van der Waals surface area contributed by atoms with E-state index >= 15 is 0 Å². The first-order chi connectivity index (χ1) is 20.5. The molecule has 4 aliphatic carbocycles. The Kier molecular flexibility index (Phi) is 11.0. The van der Waals surface area contributed by atoms with E-state index in [1.54, 1.807) is 0 Å². The Morgan fingerprint density at radius 3 is 2.18 bits per heavy atom. The highest BCUT2D eigenvalue weighted by atomic mass is 31.2. The maximum Gasteiger partial charge on any atom is 0.308 e. The number of fused-ring (bicyclic) bond motifs is 5. The molecule has 0 radical (unpaired) electrons. The number of carboxylic acid groups (broad SMARTS) is 1. The second kappa shape index (κ2) is 13.7. The van der Waals surface area contributed by atoms with Crippen molar-refractivity contribution in [1.29, 1.82) is 0 Å². The van der Waals surface area contributed by atoms with Crippen molar-refractivity contribution < 1.29 is 54.1 Å². The Bertz CT molecular complexity index is 1110. The lowest BCUT2D eigenvalue weighted by Crippen LogP contribution is -2.62. The summed E-state index contributed by atoms with van der Waals surface area (Å²) in [5, 5.41) is 42.7. The number of hydrogen-bond donors (Lipinski definition) is 6. The average Bonchev–Trinajstić information content (AvgIpc) is 3.29. The van der Waals surface area contributed by atoms with Gasteiger partial charge in [-0.3, -0.25) is 14.4 Å². The summed E-state index contributed by atoms with van der Waals surface area (Å²) in [5.41, 5.74) is -0.354. The molecule has 4 rings (SSSR count). The molecule has 0 heterocycles. The SMILES string of the molecule is C=P(O)(O)C[C@H](CCC(=O)OCOC(=O)CC[C@@H](C)C1CCC2C3C(C[C@H](O)[C@@]21C)[C@@]1(C)CC[C@@H](O)C[C@H]1C[C@H]3O)C(=O)O. The van der Waals surface area contributed by atoms with Crippen molar-refractivity contribution in [3.63, 3.8) is 0 Å². The van der Waals surface area contributed by atoms with Crippen LogP contribution in [0.3, 0.4) is 0 Å². The summed E-state index contributed by atoms with van der Waals surface area (Å²) >= 11 is 0. The van der Waals surface area contributed by atoms with Crippen LogP contribution in [0.15, 0.2) is 0 Å². The molecule has 12 atom stereocenters. The van der Waals surface area contributed by atoms with E-state index in [9.17, 15) is 44.6 Å². The minimum absolute atomic E-state index is 0.0132. The van der Waals surface area contributed by atoms with Gasteiger partial charge in [-0.25, -0.2) is 0 Å². The summed E-state index contributed by atoms with van der Waals surface area (Å²) in [7, 11) is -3.56. The molecule has 0 spiro atoms. The third-order valence-electron chi connectivity index (χ3n) is 12.3. The number of hydrogen-bond acceptors (Lipinski definition) is 10. The number of rotatable bonds is 12. The third-order valence-corrected chi connectivity index (χ3v) is 13.3. The van der Waals surface area contributed by atoms with Gasteiger partial charge in [0.2, 0.25) is 6.79 Å². The van der Waals surface area contributed by atoms with Crippen LogP contribution in [0.4, 0.5) is 0 Å². The van der Waals surface area contributed by atoms with Crippen LogP contribution in [0.1, 0.15) is 91.4 Å². The van der Waals surface area contributed by atoms with Crippen molar-refractivity contribution in [3.8, 4) is 0 Å². The molecule has 0 aromatic carbocycles. The number of ether oxygens (including phenoxy) is 2. The zero-order valence-corrected chi connectivity index (χ0v) is 27.2. The van der Waals surface area contributed by atoms with Gasteiger partial charge in [-0.2, -0.15) is 0 Å². The van der Waals surface area contributed by atoms with E-state index in [1.165, 1.54) is 0 Å². The third kappa shape index (κ3) is 7.39. The predicted molar refractivity (Wildman–Crippen MR) is 163 cm³/mol. The van der Waals surface area contributed by atoms with E-state index in [2.05, 4.69) is 27.1 Å². The van der Waals surface area contributed by atoms with Crippen LogP contribution in [-0.4, -0.2) is 85.7 Å². The lowest BCUT2D eigenvalue weighted by Gasteiger charge is -2.63. The van der Waals surface area contributed by atoms with Crippen LogP contribution in [0.25, 0.3) is 0 Å². The summed E-state index contributed by atoms with van der Waals surface area (Å²) in [5.74, 6) is -2.59. The molecule has 0 aromatic rings. The fourth-order valence-corrected chi connectivity index (χ4v) is 11.0. The number of aliphatic hydroxyl groups is 3. The van der Waals surface area contributed by atoms with E-state index in [0.29, 0.717) is 19.3 Å². The molecule has 11 nitrogen and oxygen atoms in total. The van der Waals surface area contributed by atoms with E-state index < -0.39 is 56.3 Å². The Morgan fingerprint density at radius 1 is 0.932 bits per heavy atom. The summed E-state index contributed by atoms with van der Waals surface area (Å²) in [4.78, 5) is 54.6. The Morgan fingerprint density at radius 2 is 1.57 bits per heavy atom. The maximum atomic E-state index is 12.5. The average molecular weight is 645 g/mol. The summed E-state index contributed by atoms with van der Waals surface area (Å²) in [6, 6.07) is 0. The minimum atomic E-state index is -3.56. The number of esters is 2. The van der Waals surface area contributed by atoms with Gasteiger partial charge in [0.15, 0.2) is 0 Å². The maximum absolute atomic E-state index is 12.5. The summed E-state index contributed by atoms with van der Waals surface area (Å²) in [6.45, 7) is 6.00. The Balaban J connectivity index is 1.26. The number of aliphatic carboxylic acids is 1. The largest absolute Gasteiger partial charge is 0.481 e. The van der Waals surface area contributed by atoms with Crippen LogP contribution in [0.5, 0.6) is 0 Å². The molecular formula is C32H53O11P. The summed E-state index contributed by atoms with van der Waals surface area (Å²) < 4.78 is 10.00. The van der Waals surface area contributed by atoms with Crippen molar-refractivity contribution in [3.05, 3.63) is 0 Å². The quantitative estimate of drug-likeness (QED) is 0.104. The zero-order chi connectivity index (χ0) is 32.6. The topological polar surface area (TPSA) is 191 Å². The van der Waals surface area contributed by atoms with Crippen molar-refractivity contribution in [1.82, 2.24) is 0 Å². The smallest absolute Gasteiger partial charge is 0.308 e. The van der Waals surface area contributed by atoms with Crippen LogP contribution in [0, 0.1) is 52.3 Å². The van der Waals surface area contributed by atoms with Gasteiger partial charge in [0, 0.05) is 19.0 Å². The lowest BCUT2D eigenvalue weighted by atomic mass is 9.43. The van der Waals surface area contributed by atoms with Crippen molar-refractivity contribution >= 4 is 31.5 Å². The van der Waals surface area contributed by atoms with E-state index in [1.807, 2.05) is 0 Å². The molecule has 4 fully saturated rings. The minimum Gasteiger partial charge on any atom is -0.481 e.